The Hall–Kier alpha value is -1.61. The van der Waals surface area contributed by atoms with Crippen LogP contribution in [0.5, 0.6) is 11.5 Å². The standard InChI is InChI=1S/C14H14O2S/c1-2-16-12-5-9-14(10-6-12)17-13-7-3-11(15)4-8-13/h3-10,15H,2H2,1H3. The zero-order valence-corrected chi connectivity index (χ0v) is 10.4. The van der Waals surface area contributed by atoms with Crippen molar-refractivity contribution in [3.8, 4) is 11.5 Å². The van der Waals surface area contributed by atoms with Crippen molar-refractivity contribution >= 4 is 11.8 Å². The second-order valence-corrected chi connectivity index (χ2v) is 4.65. The minimum Gasteiger partial charge on any atom is -0.508 e. The van der Waals surface area contributed by atoms with Crippen LogP contribution >= 0.6 is 11.8 Å². The molecule has 0 aromatic heterocycles. The number of phenolic OH excluding ortho intramolecular Hbond substituents is 1. The monoisotopic (exact) mass is 246 g/mol. The van der Waals surface area contributed by atoms with Crippen molar-refractivity contribution in [1.82, 2.24) is 0 Å². The van der Waals surface area contributed by atoms with E-state index < -0.39 is 0 Å². The van der Waals surface area contributed by atoms with E-state index in [1.807, 2.05) is 43.3 Å². The Bertz CT molecular complexity index is 463. The van der Waals surface area contributed by atoms with Crippen LogP contribution in [0.4, 0.5) is 0 Å². The smallest absolute Gasteiger partial charge is 0.119 e. The van der Waals surface area contributed by atoms with Gasteiger partial charge in [0.25, 0.3) is 0 Å². The van der Waals surface area contributed by atoms with Crippen LogP contribution in [-0.4, -0.2) is 11.7 Å². The molecule has 0 saturated carbocycles. The number of hydrogen-bond donors (Lipinski definition) is 1. The van der Waals surface area contributed by atoms with Crippen molar-refractivity contribution in [2.45, 2.75) is 16.7 Å². The van der Waals surface area contributed by atoms with Crippen molar-refractivity contribution in [3.05, 3.63) is 48.5 Å². The summed E-state index contributed by atoms with van der Waals surface area (Å²) in [6.07, 6.45) is 0. The molecule has 0 aliphatic heterocycles. The van der Waals surface area contributed by atoms with Crippen molar-refractivity contribution in [2.75, 3.05) is 6.61 Å². The van der Waals surface area contributed by atoms with Gasteiger partial charge >= 0.3 is 0 Å². The second-order valence-electron chi connectivity index (χ2n) is 3.50. The third-order valence-corrected chi connectivity index (χ3v) is 3.22. The highest BCUT2D eigenvalue weighted by molar-refractivity contribution is 7.99. The molecule has 0 saturated heterocycles. The van der Waals surface area contributed by atoms with Gasteiger partial charge in [0.15, 0.2) is 0 Å². The predicted octanol–water partition coefficient (Wildman–Crippen LogP) is 3.94. The highest BCUT2D eigenvalue weighted by atomic mass is 32.2. The highest BCUT2D eigenvalue weighted by Crippen LogP contribution is 2.29. The summed E-state index contributed by atoms with van der Waals surface area (Å²) >= 11 is 1.66. The quantitative estimate of drug-likeness (QED) is 0.886. The fourth-order valence-electron chi connectivity index (χ4n) is 1.42. The molecule has 0 unspecified atom stereocenters. The molecule has 0 aliphatic carbocycles. The summed E-state index contributed by atoms with van der Waals surface area (Å²) in [6, 6.07) is 15.2. The molecule has 1 N–H and O–H groups in total. The third kappa shape index (κ3) is 3.43. The number of ether oxygens (including phenoxy) is 1. The largest absolute Gasteiger partial charge is 0.508 e. The summed E-state index contributed by atoms with van der Waals surface area (Å²) in [4.78, 5) is 2.26. The fraction of sp³-hybridized carbons (Fsp3) is 0.143. The van der Waals surface area contributed by atoms with Crippen LogP contribution in [0.2, 0.25) is 0 Å². The van der Waals surface area contributed by atoms with Gasteiger partial charge in [0.1, 0.15) is 11.5 Å². The van der Waals surface area contributed by atoms with Crippen LogP contribution in [0.3, 0.4) is 0 Å². The average Bonchev–Trinajstić information content (AvgIpc) is 2.35. The molecule has 0 spiro atoms. The Kier molecular flexibility index (Phi) is 3.94. The summed E-state index contributed by atoms with van der Waals surface area (Å²) in [6.45, 7) is 2.66. The molecule has 0 aliphatic rings. The van der Waals surface area contributed by atoms with Crippen molar-refractivity contribution in [3.63, 3.8) is 0 Å². The fourth-order valence-corrected chi connectivity index (χ4v) is 2.24. The van der Waals surface area contributed by atoms with Gasteiger partial charge in [-0.15, -0.1) is 0 Å². The molecule has 2 aromatic carbocycles. The number of aromatic hydroxyl groups is 1. The second kappa shape index (κ2) is 5.64. The van der Waals surface area contributed by atoms with E-state index in [2.05, 4.69) is 0 Å². The molecule has 3 heteroatoms. The zero-order valence-electron chi connectivity index (χ0n) is 9.59. The number of hydrogen-bond acceptors (Lipinski definition) is 3. The summed E-state index contributed by atoms with van der Waals surface area (Å²) in [7, 11) is 0. The summed E-state index contributed by atoms with van der Waals surface area (Å²) in [5.41, 5.74) is 0. The molecular weight excluding hydrogens is 232 g/mol. The van der Waals surface area contributed by atoms with Crippen molar-refractivity contribution < 1.29 is 9.84 Å². The van der Waals surface area contributed by atoms with E-state index in [0.29, 0.717) is 12.4 Å². The molecule has 0 heterocycles. The first-order valence-electron chi connectivity index (χ1n) is 5.47. The summed E-state index contributed by atoms with van der Waals surface area (Å²) in [5.74, 6) is 1.18. The van der Waals surface area contributed by atoms with Crippen LogP contribution < -0.4 is 4.74 Å². The molecule has 0 radical (unpaired) electrons. The first kappa shape index (κ1) is 11.9. The van der Waals surface area contributed by atoms with Gasteiger partial charge in [-0.05, 0) is 55.5 Å². The lowest BCUT2D eigenvalue weighted by atomic mass is 10.3. The van der Waals surface area contributed by atoms with Gasteiger partial charge in [0.2, 0.25) is 0 Å². The lowest BCUT2D eigenvalue weighted by Crippen LogP contribution is -1.90. The molecule has 2 nitrogen and oxygen atoms in total. The van der Waals surface area contributed by atoms with Gasteiger partial charge in [-0.25, -0.2) is 0 Å². The minimum atomic E-state index is 0.293. The maximum atomic E-state index is 9.19. The maximum absolute atomic E-state index is 9.19. The summed E-state index contributed by atoms with van der Waals surface area (Å²) in [5, 5.41) is 9.19. The lowest BCUT2D eigenvalue weighted by molar-refractivity contribution is 0.340. The van der Waals surface area contributed by atoms with E-state index in [1.165, 1.54) is 0 Å². The molecular formula is C14H14O2S. The van der Waals surface area contributed by atoms with Crippen LogP contribution in [0, 0.1) is 0 Å². The van der Waals surface area contributed by atoms with Gasteiger partial charge in [-0.2, -0.15) is 0 Å². The molecule has 88 valence electrons. The number of phenols is 1. The molecule has 17 heavy (non-hydrogen) atoms. The Morgan fingerprint density at radius 3 is 2.00 bits per heavy atom. The van der Waals surface area contributed by atoms with Crippen molar-refractivity contribution in [1.29, 1.82) is 0 Å². The minimum absolute atomic E-state index is 0.293. The SMILES string of the molecule is CCOc1ccc(Sc2ccc(O)cc2)cc1. The van der Waals surface area contributed by atoms with Crippen LogP contribution in [0.1, 0.15) is 6.92 Å². The zero-order chi connectivity index (χ0) is 12.1. The Balaban J connectivity index is 2.05. The van der Waals surface area contributed by atoms with E-state index in [-0.39, 0.29) is 0 Å². The highest BCUT2D eigenvalue weighted by Gasteiger charge is 1.98. The van der Waals surface area contributed by atoms with Crippen LogP contribution in [0.25, 0.3) is 0 Å². The van der Waals surface area contributed by atoms with Gasteiger partial charge in [-0.3, -0.25) is 0 Å². The normalized spacial score (nSPS) is 10.2. The topological polar surface area (TPSA) is 29.5 Å². The Morgan fingerprint density at radius 1 is 0.941 bits per heavy atom. The lowest BCUT2D eigenvalue weighted by Gasteiger charge is -2.05. The van der Waals surface area contributed by atoms with E-state index in [9.17, 15) is 5.11 Å². The van der Waals surface area contributed by atoms with Gasteiger partial charge in [0.05, 0.1) is 6.61 Å². The molecule has 0 amide bonds. The molecule has 0 atom stereocenters. The van der Waals surface area contributed by atoms with Crippen molar-refractivity contribution in [2.24, 2.45) is 0 Å². The maximum Gasteiger partial charge on any atom is 0.119 e. The molecule has 2 rings (SSSR count). The predicted molar refractivity (Wildman–Crippen MR) is 69.8 cm³/mol. The number of rotatable bonds is 4. The van der Waals surface area contributed by atoms with Crippen LogP contribution in [0.15, 0.2) is 58.3 Å². The average molecular weight is 246 g/mol. The molecule has 0 bridgehead atoms. The molecule has 0 fully saturated rings. The van der Waals surface area contributed by atoms with Gasteiger partial charge < -0.3 is 9.84 Å². The van der Waals surface area contributed by atoms with Gasteiger partial charge in [0, 0.05) is 9.79 Å². The Labute approximate surface area is 105 Å². The summed E-state index contributed by atoms with van der Waals surface area (Å²) < 4.78 is 5.38. The van der Waals surface area contributed by atoms with E-state index in [1.54, 1.807) is 23.9 Å². The first-order valence-corrected chi connectivity index (χ1v) is 6.29. The Morgan fingerprint density at radius 2 is 1.47 bits per heavy atom. The van der Waals surface area contributed by atoms with E-state index >= 15 is 0 Å². The van der Waals surface area contributed by atoms with Crippen LogP contribution in [-0.2, 0) is 0 Å². The molecule has 2 aromatic rings. The third-order valence-electron chi connectivity index (χ3n) is 2.21. The first-order chi connectivity index (χ1) is 8.28. The van der Waals surface area contributed by atoms with Gasteiger partial charge in [-0.1, -0.05) is 11.8 Å². The number of benzene rings is 2. The van der Waals surface area contributed by atoms with E-state index in [0.717, 1.165) is 15.5 Å². The van der Waals surface area contributed by atoms with E-state index in [4.69, 9.17) is 4.74 Å².